The fraction of sp³-hybridized carbons (Fsp3) is 0.429. The Morgan fingerprint density at radius 3 is 2.80 bits per heavy atom. The zero-order valence-corrected chi connectivity index (χ0v) is 8.87. The smallest absolute Gasteiger partial charge is 0.290 e. The number of primary sulfonamides is 1. The SMILES string of the molecule is Cc1cnoc1C(=O)NCCS(N)(=O)=O. The predicted octanol–water partition coefficient (Wildman–Crippen LogP) is -0.999. The summed E-state index contributed by atoms with van der Waals surface area (Å²) >= 11 is 0. The Kier molecular flexibility index (Phi) is 3.43. The van der Waals surface area contributed by atoms with Crippen LogP contribution in [-0.4, -0.2) is 31.8 Å². The van der Waals surface area contributed by atoms with Gasteiger partial charge in [0.1, 0.15) is 0 Å². The second-order valence-electron chi connectivity index (χ2n) is 2.96. The second-order valence-corrected chi connectivity index (χ2v) is 4.69. The minimum Gasteiger partial charge on any atom is -0.351 e. The molecule has 1 aromatic rings. The first-order chi connectivity index (χ1) is 6.90. The number of carbonyl (C=O) groups excluding carboxylic acids is 1. The highest BCUT2D eigenvalue weighted by Gasteiger charge is 2.14. The van der Waals surface area contributed by atoms with Crippen LogP contribution in [0.5, 0.6) is 0 Å². The van der Waals surface area contributed by atoms with E-state index in [0.717, 1.165) is 0 Å². The molecule has 15 heavy (non-hydrogen) atoms. The molecule has 0 spiro atoms. The molecule has 8 heteroatoms. The number of hydrogen-bond acceptors (Lipinski definition) is 5. The third-order valence-electron chi connectivity index (χ3n) is 1.63. The Morgan fingerprint density at radius 1 is 1.67 bits per heavy atom. The van der Waals surface area contributed by atoms with Gasteiger partial charge in [0.15, 0.2) is 0 Å². The van der Waals surface area contributed by atoms with Crippen LogP contribution in [0.2, 0.25) is 0 Å². The number of rotatable bonds is 4. The molecule has 0 aliphatic carbocycles. The van der Waals surface area contributed by atoms with Crippen molar-refractivity contribution in [3.63, 3.8) is 0 Å². The van der Waals surface area contributed by atoms with Crippen LogP contribution in [-0.2, 0) is 10.0 Å². The molecule has 1 rings (SSSR count). The second kappa shape index (κ2) is 4.41. The molecule has 1 amide bonds. The lowest BCUT2D eigenvalue weighted by Crippen LogP contribution is -2.31. The van der Waals surface area contributed by atoms with Crippen molar-refractivity contribution in [1.82, 2.24) is 10.5 Å². The van der Waals surface area contributed by atoms with Crippen molar-refractivity contribution in [2.45, 2.75) is 6.92 Å². The van der Waals surface area contributed by atoms with Crippen molar-refractivity contribution < 1.29 is 17.7 Å². The third kappa shape index (κ3) is 3.68. The van der Waals surface area contributed by atoms with E-state index in [0.29, 0.717) is 5.56 Å². The number of carbonyl (C=O) groups is 1. The Morgan fingerprint density at radius 2 is 2.33 bits per heavy atom. The predicted molar refractivity (Wildman–Crippen MR) is 51.5 cm³/mol. The van der Waals surface area contributed by atoms with E-state index in [1.807, 2.05) is 0 Å². The van der Waals surface area contributed by atoms with E-state index in [9.17, 15) is 13.2 Å². The van der Waals surface area contributed by atoms with Crippen molar-refractivity contribution in [2.24, 2.45) is 5.14 Å². The highest BCUT2D eigenvalue weighted by Crippen LogP contribution is 2.04. The van der Waals surface area contributed by atoms with Crippen molar-refractivity contribution in [3.05, 3.63) is 17.5 Å². The van der Waals surface area contributed by atoms with Crippen LogP contribution in [0.3, 0.4) is 0 Å². The molecule has 0 aromatic carbocycles. The average molecular weight is 233 g/mol. The molecule has 0 fully saturated rings. The molecule has 1 heterocycles. The lowest BCUT2D eigenvalue weighted by Gasteiger charge is -2.01. The standard InChI is InChI=1S/C7H11N3O4S/c1-5-4-10-14-6(5)7(11)9-2-3-15(8,12)13/h4H,2-3H2,1H3,(H,9,11)(H2,8,12,13). The highest BCUT2D eigenvalue weighted by atomic mass is 32.2. The van der Waals surface area contributed by atoms with Crippen molar-refractivity contribution in [1.29, 1.82) is 0 Å². The molecule has 0 saturated heterocycles. The minimum absolute atomic E-state index is 0.0577. The lowest BCUT2D eigenvalue weighted by atomic mass is 10.3. The van der Waals surface area contributed by atoms with Gasteiger partial charge in [0.25, 0.3) is 5.91 Å². The molecule has 0 bridgehead atoms. The Balaban J connectivity index is 2.48. The summed E-state index contributed by atoms with van der Waals surface area (Å²) in [6, 6.07) is 0. The van der Waals surface area contributed by atoms with Crippen LogP contribution in [0.15, 0.2) is 10.7 Å². The molecule has 84 valence electrons. The van der Waals surface area contributed by atoms with Crippen molar-refractivity contribution in [3.8, 4) is 0 Å². The van der Waals surface area contributed by atoms with Crippen LogP contribution in [0.4, 0.5) is 0 Å². The normalized spacial score (nSPS) is 11.3. The molecule has 1 aromatic heterocycles. The van der Waals surface area contributed by atoms with Gasteiger partial charge >= 0.3 is 0 Å². The summed E-state index contributed by atoms with van der Waals surface area (Å²) < 4.78 is 25.8. The van der Waals surface area contributed by atoms with E-state index in [1.165, 1.54) is 6.20 Å². The topological polar surface area (TPSA) is 115 Å². The monoisotopic (exact) mass is 233 g/mol. The summed E-state index contributed by atoms with van der Waals surface area (Å²) in [6.45, 7) is 1.60. The molecular formula is C7H11N3O4S. The Bertz CT molecular complexity index is 451. The van der Waals surface area contributed by atoms with Crippen molar-refractivity contribution in [2.75, 3.05) is 12.3 Å². The molecule has 7 nitrogen and oxygen atoms in total. The number of nitrogens with two attached hydrogens (primary N) is 1. The number of nitrogens with zero attached hydrogens (tertiary/aromatic N) is 1. The molecule has 0 unspecified atom stereocenters. The van der Waals surface area contributed by atoms with E-state index in [-0.39, 0.29) is 18.1 Å². The lowest BCUT2D eigenvalue weighted by molar-refractivity contribution is 0.0918. The first kappa shape index (κ1) is 11.7. The van der Waals surface area contributed by atoms with Crippen LogP contribution in [0, 0.1) is 6.92 Å². The first-order valence-corrected chi connectivity index (χ1v) is 5.81. The summed E-state index contributed by atoms with van der Waals surface area (Å²) in [4.78, 5) is 11.3. The number of sulfonamides is 1. The summed E-state index contributed by atoms with van der Waals surface area (Å²) in [5.41, 5.74) is 0.586. The van der Waals surface area contributed by atoms with Crippen LogP contribution in [0.1, 0.15) is 16.1 Å². The number of aromatic nitrogens is 1. The van der Waals surface area contributed by atoms with Crippen LogP contribution in [0.25, 0.3) is 0 Å². The van der Waals surface area contributed by atoms with Crippen LogP contribution >= 0.6 is 0 Å². The molecule has 0 aliphatic heterocycles. The minimum atomic E-state index is -3.56. The summed E-state index contributed by atoms with van der Waals surface area (Å²) in [7, 11) is -3.56. The zero-order chi connectivity index (χ0) is 11.5. The molecular weight excluding hydrogens is 222 g/mol. The quantitative estimate of drug-likeness (QED) is 0.692. The van der Waals surface area contributed by atoms with E-state index < -0.39 is 15.9 Å². The van der Waals surface area contributed by atoms with Crippen LogP contribution < -0.4 is 10.5 Å². The van der Waals surface area contributed by atoms with Gasteiger partial charge in [-0.15, -0.1) is 0 Å². The summed E-state index contributed by atoms with van der Waals surface area (Å²) in [6.07, 6.45) is 1.40. The average Bonchev–Trinajstić information content (AvgIpc) is 2.48. The number of nitrogens with one attached hydrogen (secondary N) is 1. The van der Waals surface area contributed by atoms with E-state index >= 15 is 0 Å². The van der Waals surface area contributed by atoms with E-state index in [1.54, 1.807) is 6.92 Å². The maximum atomic E-state index is 11.3. The maximum absolute atomic E-state index is 11.3. The number of amides is 1. The third-order valence-corrected chi connectivity index (χ3v) is 2.40. The van der Waals surface area contributed by atoms with Gasteiger partial charge in [0.05, 0.1) is 11.9 Å². The van der Waals surface area contributed by atoms with Crippen molar-refractivity contribution >= 4 is 15.9 Å². The maximum Gasteiger partial charge on any atom is 0.290 e. The largest absolute Gasteiger partial charge is 0.351 e. The highest BCUT2D eigenvalue weighted by molar-refractivity contribution is 7.89. The van der Waals surface area contributed by atoms with Gasteiger partial charge in [-0.1, -0.05) is 5.16 Å². The fourth-order valence-electron chi connectivity index (χ4n) is 0.896. The molecule has 0 radical (unpaired) electrons. The molecule has 0 saturated carbocycles. The van der Waals surface area contributed by atoms with Gasteiger partial charge < -0.3 is 9.84 Å². The first-order valence-electron chi connectivity index (χ1n) is 4.10. The van der Waals surface area contributed by atoms with Gasteiger partial charge in [-0.25, -0.2) is 13.6 Å². The number of hydrogen-bond donors (Lipinski definition) is 2. The van der Waals surface area contributed by atoms with E-state index in [2.05, 4.69) is 15.0 Å². The van der Waals surface area contributed by atoms with Gasteiger partial charge in [-0.3, -0.25) is 4.79 Å². The molecule has 3 N–H and O–H groups in total. The molecule has 0 atom stereocenters. The van der Waals surface area contributed by atoms with E-state index in [4.69, 9.17) is 5.14 Å². The van der Waals surface area contributed by atoms with Gasteiger partial charge in [0, 0.05) is 12.1 Å². The van der Waals surface area contributed by atoms with Gasteiger partial charge in [0.2, 0.25) is 15.8 Å². The summed E-state index contributed by atoms with van der Waals surface area (Å²) in [5.74, 6) is -0.746. The Hall–Kier alpha value is -1.41. The Labute approximate surface area is 86.7 Å². The zero-order valence-electron chi connectivity index (χ0n) is 8.06. The molecule has 0 aliphatic rings. The number of aryl methyl sites for hydroxylation is 1. The fourth-order valence-corrected chi connectivity index (χ4v) is 1.28. The van der Waals surface area contributed by atoms with Gasteiger partial charge in [-0.2, -0.15) is 0 Å². The van der Waals surface area contributed by atoms with Gasteiger partial charge in [-0.05, 0) is 6.92 Å². The summed E-state index contributed by atoms with van der Waals surface area (Å²) in [5, 5.41) is 10.5.